The molecule has 1 aliphatic carbocycles. The highest BCUT2D eigenvalue weighted by Gasteiger charge is 2.26. The number of nitrogens with zero attached hydrogens (tertiary/aromatic N) is 2. The SMILES string of the molecule is CC(C)N1CCOC(c2nc(=S)cc(C3CCCC3)[nH]2)C1. The second kappa shape index (κ2) is 6.55. The van der Waals surface area contributed by atoms with Crippen LogP contribution < -0.4 is 0 Å². The Bertz CT molecular complexity index is 537. The number of nitrogens with one attached hydrogen (secondary N) is 1. The Morgan fingerprint density at radius 2 is 2.14 bits per heavy atom. The average Bonchev–Trinajstić information content (AvgIpc) is 3.01. The van der Waals surface area contributed by atoms with Crippen molar-refractivity contribution in [3.63, 3.8) is 0 Å². The molecule has 1 saturated carbocycles. The normalized spacial score (nSPS) is 24.8. The molecular weight excluding hydrogens is 282 g/mol. The molecule has 0 bridgehead atoms. The first kappa shape index (κ1) is 15.1. The van der Waals surface area contributed by atoms with Gasteiger partial charge in [0.25, 0.3) is 0 Å². The number of aromatic nitrogens is 2. The first-order chi connectivity index (χ1) is 10.1. The first-order valence-electron chi connectivity index (χ1n) is 8.10. The minimum absolute atomic E-state index is 0.0178. The molecule has 1 aromatic rings. The molecule has 0 amide bonds. The van der Waals surface area contributed by atoms with Crippen molar-refractivity contribution in [3.05, 3.63) is 22.2 Å². The number of hydrogen-bond donors (Lipinski definition) is 1. The maximum absolute atomic E-state index is 5.94. The van der Waals surface area contributed by atoms with Gasteiger partial charge in [0.05, 0.1) is 6.61 Å². The Morgan fingerprint density at radius 3 is 2.86 bits per heavy atom. The van der Waals surface area contributed by atoms with Crippen LogP contribution >= 0.6 is 12.2 Å². The molecule has 3 rings (SSSR count). The van der Waals surface area contributed by atoms with E-state index in [2.05, 4.69) is 28.7 Å². The highest BCUT2D eigenvalue weighted by molar-refractivity contribution is 7.71. The summed E-state index contributed by atoms with van der Waals surface area (Å²) in [5.41, 5.74) is 1.26. The zero-order valence-corrected chi connectivity index (χ0v) is 13.8. The molecule has 116 valence electrons. The van der Waals surface area contributed by atoms with Gasteiger partial charge in [-0.2, -0.15) is 0 Å². The highest BCUT2D eigenvalue weighted by Crippen LogP contribution is 2.33. The van der Waals surface area contributed by atoms with Gasteiger partial charge in [0.15, 0.2) is 0 Å². The zero-order valence-electron chi connectivity index (χ0n) is 13.0. The van der Waals surface area contributed by atoms with E-state index in [4.69, 9.17) is 17.0 Å². The largest absolute Gasteiger partial charge is 0.368 e. The fourth-order valence-electron chi connectivity index (χ4n) is 3.41. The molecule has 1 N–H and O–H groups in total. The minimum atomic E-state index is 0.0178. The second-order valence-corrected chi connectivity index (χ2v) is 6.91. The van der Waals surface area contributed by atoms with Crippen LogP contribution in [0.3, 0.4) is 0 Å². The van der Waals surface area contributed by atoms with Gasteiger partial charge in [-0.1, -0.05) is 25.1 Å². The summed E-state index contributed by atoms with van der Waals surface area (Å²) < 4.78 is 6.63. The van der Waals surface area contributed by atoms with E-state index in [9.17, 15) is 0 Å². The van der Waals surface area contributed by atoms with Gasteiger partial charge in [-0.3, -0.25) is 4.90 Å². The van der Waals surface area contributed by atoms with Crippen LogP contribution in [-0.2, 0) is 4.74 Å². The lowest BCUT2D eigenvalue weighted by Crippen LogP contribution is -2.42. The van der Waals surface area contributed by atoms with Crippen LogP contribution in [0.15, 0.2) is 6.07 Å². The van der Waals surface area contributed by atoms with E-state index >= 15 is 0 Å². The lowest BCUT2D eigenvalue weighted by molar-refractivity contribution is -0.0444. The van der Waals surface area contributed by atoms with Crippen LogP contribution in [0.4, 0.5) is 0 Å². The van der Waals surface area contributed by atoms with Crippen LogP contribution in [0, 0.1) is 4.64 Å². The fraction of sp³-hybridized carbons (Fsp3) is 0.750. The van der Waals surface area contributed by atoms with Crippen molar-refractivity contribution < 1.29 is 4.74 Å². The van der Waals surface area contributed by atoms with Crippen LogP contribution in [0.1, 0.15) is 63.1 Å². The molecule has 0 radical (unpaired) electrons. The third-order valence-corrected chi connectivity index (χ3v) is 4.92. The molecule has 1 unspecified atom stereocenters. The Kier molecular flexibility index (Phi) is 4.72. The van der Waals surface area contributed by atoms with E-state index in [1.165, 1.54) is 31.4 Å². The van der Waals surface area contributed by atoms with Gasteiger partial charge in [0.2, 0.25) is 0 Å². The second-order valence-electron chi connectivity index (χ2n) is 6.49. The summed E-state index contributed by atoms with van der Waals surface area (Å²) in [7, 11) is 0. The van der Waals surface area contributed by atoms with Crippen LogP contribution in [0.2, 0.25) is 0 Å². The summed E-state index contributed by atoms with van der Waals surface area (Å²) in [4.78, 5) is 10.5. The minimum Gasteiger partial charge on any atom is -0.368 e. The van der Waals surface area contributed by atoms with Crippen molar-refractivity contribution in [2.24, 2.45) is 0 Å². The van der Waals surface area contributed by atoms with Gasteiger partial charge in [0.1, 0.15) is 16.6 Å². The molecule has 0 aromatic carbocycles. The molecule has 1 saturated heterocycles. The first-order valence-corrected chi connectivity index (χ1v) is 8.51. The molecule has 1 atom stereocenters. The van der Waals surface area contributed by atoms with Crippen molar-refractivity contribution in [3.8, 4) is 0 Å². The zero-order chi connectivity index (χ0) is 14.8. The standard InChI is InChI=1S/C16H25N3OS/c1-11(2)19-7-8-20-14(10-19)16-17-13(9-15(21)18-16)12-5-3-4-6-12/h9,11-12,14H,3-8,10H2,1-2H3,(H,17,18,21). The molecule has 1 aliphatic heterocycles. The molecule has 0 spiro atoms. The Labute approximate surface area is 131 Å². The number of hydrogen-bond acceptors (Lipinski definition) is 4. The predicted molar refractivity (Wildman–Crippen MR) is 86.0 cm³/mol. The maximum Gasteiger partial charge on any atom is 0.138 e. The molecule has 2 aliphatic rings. The number of morpholine rings is 1. The van der Waals surface area contributed by atoms with Crippen molar-refractivity contribution >= 4 is 12.2 Å². The van der Waals surface area contributed by atoms with E-state index < -0.39 is 0 Å². The summed E-state index contributed by atoms with van der Waals surface area (Å²) in [6, 6.07) is 2.58. The van der Waals surface area contributed by atoms with Gasteiger partial charge in [-0.05, 0) is 38.7 Å². The van der Waals surface area contributed by atoms with E-state index in [-0.39, 0.29) is 6.10 Å². The monoisotopic (exact) mass is 307 g/mol. The summed E-state index contributed by atoms with van der Waals surface area (Å²) in [6.07, 6.45) is 5.19. The Morgan fingerprint density at radius 1 is 1.38 bits per heavy atom. The lowest BCUT2D eigenvalue weighted by Gasteiger charge is -2.35. The molecule has 2 fully saturated rings. The van der Waals surface area contributed by atoms with Gasteiger partial charge in [-0.15, -0.1) is 0 Å². The average molecular weight is 307 g/mol. The molecular formula is C16H25N3OS. The van der Waals surface area contributed by atoms with Gasteiger partial charge < -0.3 is 9.72 Å². The third kappa shape index (κ3) is 3.52. The smallest absolute Gasteiger partial charge is 0.138 e. The van der Waals surface area contributed by atoms with E-state index in [0.717, 1.165) is 25.5 Å². The van der Waals surface area contributed by atoms with E-state index in [1.807, 2.05) is 6.07 Å². The third-order valence-electron chi connectivity index (χ3n) is 4.71. The molecule has 4 nitrogen and oxygen atoms in total. The summed E-state index contributed by atoms with van der Waals surface area (Å²) >= 11 is 5.37. The molecule has 2 heterocycles. The maximum atomic E-state index is 5.94. The summed E-state index contributed by atoms with van der Waals surface area (Å²) in [5, 5.41) is 0. The Balaban J connectivity index is 1.82. The fourth-order valence-corrected chi connectivity index (χ4v) is 3.63. The van der Waals surface area contributed by atoms with Crippen molar-refractivity contribution in [1.29, 1.82) is 0 Å². The number of ether oxygens (including phenoxy) is 1. The Hall–Kier alpha value is -0.780. The molecule has 21 heavy (non-hydrogen) atoms. The van der Waals surface area contributed by atoms with Crippen LogP contribution in [0.5, 0.6) is 0 Å². The van der Waals surface area contributed by atoms with Crippen molar-refractivity contribution in [2.45, 2.75) is 57.6 Å². The van der Waals surface area contributed by atoms with Gasteiger partial charge in [0, 0.05) is 24.8 Å². The lowest BCUT2D eigenvalue weighted by atomic mass is 10.0. The molecule has 5 heteroatoms. The highest BCUT2D eigenvalue weighted by atomic mass is 32.1. The number of H-pyrrole nitrogens is 1. The quantitative estimate of drug-likeness (QED) is 0.867. The van der Waals surface area contributed by atoms with Gasteiger partial charge >= 0.3 is 0 Å². The summed E-state index contributed by atoms with van der Waals surface area (Å²) in [5.74, 6) is 1.54. The number of rotatable bonds is 3. The topological polar surface area (TPSA) is 41.1 Å². The summed E-state index contributed by atoms with van der Waals surface area (Å²) in [6.45, 7) is 7.11. The van der Waals surface area contributed by atoms with Gasteiger partial charge in [-0.25, -0.2) is 4.98 Å². The van der Waals surface area contributed by atoms with Crippen molar-refractivity contribution in [1.82, 2.24) is 14.9 Å². The van der Waals surface area contributed by atoms with E-state index in [0.29, 0.717) is 16.6 Å². The van der Waals surface area contributed by atoms with Crippen LogP contribution in [0.25, 0.3) is 0 Å². The molecule has 1 aromatic heterocycles. The van der Waals surface area contributed by atoms with E-state index in [1.54, 1.807) is 0 Å². The predicted octanol–water partition coefficient (Wildman–Crippen LogP) is 3.58. The van der Waals surface area contributed by atoms with Crippen LogP contribution in [-0.4, -0.2) is 40.6 Å². The number of aromatic amines is 1. The van der Waals surface area contributed by atoms with Crippen molar-refractivity contribution in [2.75, 3.05) is 19.7 Å².